The van der Waals surface area contributed by atoms with Crippen molar-refractivity contribution in [3.8, 4) is 0 Å². The molecule has 0 aliphatic carbocycles. The summed E-state index contributed by atoms with van der Waals surface area (Å²) in [6.45, 7) is 7.03. The summed E-state index contributed by atoms with van der Waals surface area (Å²) < 4.78 is 14.4. The Bertz CT molecular complexity index is 221. The highest BCUT2D eigenvalue weighted by Crippen LogP contribution is 2.14. The molecule has 1 amide bonds. The number of nitrogens with zero attached hydrogens (tertiary/aromatic N) is 1. The van der Waals surface area contributed by atoms with Crippen molar-refractivity contribution in [3.05, 3.63) is 0 Å². The van der Waals surface area contributed by atoms with Crippen LogP contribution >= 0.6 is 0 Å². The third-order valence-electron chi connectivity index (χ3n) is 1.11. The zero-order valence-electron chi connectivity index (χ0n) is 7.42. The predicted molar refractivity (Wildman–Crippen MR) is 47.0 cm³/mol. The maximum atomic E-state index is 11.1. The SMILES string of the molecule is CC[SH](=O)=NC(=O)C(C)(C)C. The van der Waals surface area contributed by atoms with Crippen LogP contribution in [0.25, 0.3) is 0 Å². The quantitative estimate of drug-likeness (QED) is 0.613. The van der Waals surface area contributed by atoms with Crippen LogP contribution in [0.3, 0.4) is 0 Å². The number of hydrogen-bond donors (Lipinski definition) is 1. The Labute approximate surface area is 69.4 Å². The molecule has 0 bridgehead atoms. The molecule has 3 nitrogen and oxygen atoms in total. The molecule has 4 heteroatoms. The molecule has 1 atom stereocenters. The Morgan fingerprint density at radius 2 is 1.91 bits per heavy atom. The molecular formula is C7H15NO2S. The van der Waals surface area contributed by atoms with Crippen LogP contribution in [-0.2, 0) is 15.4 Å². The summed E-state index contributed by atoms with van der Waals surface area (Å²) in [5.41, 5.74) is -0.500. The maximum Gasteiger partial charge on any atom is 0.258 e. The Morgan fingerprint density at radius 1 is 1.45 bits per heavy atom. The van der Waals surface area contributed by atoms with E-state index in [9.17, 15) is 9.00 Å². The van der Waals surface area contributed by atoms with Crippen molar-refractivity contribution in [2.45, 2.75) is 27.7 Å². The van der Waals surface area contributed by atoms with E-state index >= 15 is 0 Å². The highest BCUT2D eigenvalue weighted by Gasteiger charge is 2.20. The van der Waals surface area contributed by atoms with Gasteiger partial charge >= 0.3 is 0 Å². The molecule has 0 aliphatic rings. The number of thiol groups is 1. The van der Waals surface area contributed by atoms with Crippen LogP contribution in [0, 0.1) is 5.41 Å². The highest BCUT2D eigenvalue weighted by molar-refractivity contribution is 7.75. The van der Waals surface area contributed by atoms with Gasteiger partial charge in [0.15, 0.2) is 0 Å². The summed E-state index contributed by atoms with van der Waals surface area (Å²) in [6.07, 6.45) is 0. The van der Waals surface area contributed by atoms with E-state index in [1.54, 1.807) is 27.7 Å². The van der Waals surface area contributed by atoms with Crippen LogP contribution in [0.5, 0.6) is 0 Å². The Hall–Kier alpha value is -0.380. The fraction of sp³-hybridized carbons (Fsp3) is 0.857. The predicted octanol–water partition coefficient (Wildman–Crippen LogP) is 1.24. The summed E-state index contributed by atoms with van der Waals surface area (Å²) in [7, 11) is -1.66. The van der Waals surface area contributed by atoms with Gasteiger partial charge in [0.2, 0.25) is 0 Å². The molecule has 0 aromatic carbocycles. The number of carbonyl (C=O) groups is 1. The number of rotatable bonds is 1. The Balaban J connectivity index is 4.43. The van der Waals surface area contributed by atoms with Crippen LogP contribution in [-0.4, -0.2) is 15.9 Å². The minimum absolute atomic E-state index is 0.277. The van der Waals surface area contributed by atoms with E-state index in [1.165, 1.54) is 0 Å². The first-order valence-corrected chi connectivity index (χ1v) is 4.98. The van der Waals surface area contributed by atoms with Crippen molar-refractivity contribution in [1.82, 2.24) is 0 Å². The van der Waals surface area contributed by atoms with E-state index in [2.05, 4.69) is 4.36 Å². The minimum Gasteiger partial charge on any atom is -0.271 e. The van der Waals surface area contributed by atoms with Gasteiger partial charge in [-0.25, -0.2) is 0 Å². The molecule has 1 unspecified atom stereocenters. The number of hydrogen-bond acceptors (Lipinski definition) is 2. The largest absolute Gasteiger partial charge is 0.271 e. The van der Waals surface area contributed by atoms with Gasteiger partial charge < -0.3 is 0 Å². The van der Waals surface area contributed by atoms with Gasteiger partial charge in [-0.1, -0.05) is 27.7 Å². The van der Waals surface area contributed by atoms with Crippen molar-refractivity contribution >= 4 is 16.5 Å². The first kappa shape index (κ1) is 10.6. The maximum absolute atomic E-state index is 11.1. The van der Waals surface area contributed by atoms with Crippen molar-refractivity contribution in [2.75, 3.05) is 5.75 Å². The van der Waals surface area contributed by atoms with Gasteiger partial charge in [0, 0.05) is 21.8 Å². The van der Waals surface area contributed by atoms with Gasteiger partial charge in [0.25, 0.3) is 5.91 Å². The van der Waals surface area contributed by atoms with E-state index in [1.807, 2.05) is 0 Å². The molecule has 0 aromatic heterocycles. The van der Waals surface area contributed by atoms with Crippen molar-refractivity contribution in [2.24, 2.45) is 9.78 Å². The van der Waals surface area contributed by atoms with E-state index in [0.717, 1.165) is 0 Å². The highest BCUT2D eigenvalue weighted by atomic mass is 32.2. The van der Waals surface area contributed by atoms with Crippen molar-refractivity contribution in [1.29, 1.82) is 0 Å². The van der Waals surface area contributed by atoms with E-state index in [-0.39, 0.29) is 5.91 Å². The molecule has 0 N–H and O–H groups in total. The van der Waals surface area contributed by atoms with E-state index in [0.29, 0.717) is 5.75 Å². The lowest BCUT2D eigenvalue weighted by atomic mass is 9.96. The molecule has 0 spiro atoms. The normalized spacial score (nSPS) is 14.9. The fourth-order valence-electron chi connectivity index (χ4n) is 0.322. The van der Waals surface area contributed by atoms with Gasteiger partial charge in [-0.15, -0.1) is 0 Å². The van der Waals surface area contributed by atoms with E-state index < -0.39 is 16.0 Å². The molecule has 0 heterocycles. The lowest BCUT2D eigenvalue weighted by Gasteiger charge is -2.11. The number of amides is 1. The molecule has 0 rings (SSSR count). The van der Waals surface area contributed by atoms with Crippen LogP contribution < -0.4 is 0 Å². The summed E-state index contributed by atoms with van der Waals surface area (Å²) in [4.78, 5) is 11.1. The second kappa shape index (κ2) is 3.85. The lowest BCUT2D eigenvalue weighted by molar-refractivity contribution is -0.124. The zero-order valence-corrected chi connectivity index (χ0v) is 8.31. The molecule has 0 fully saturated rings. The monoisotopic (exact) mass is 177 g/mol. The summed E-state index contributed by atoms with van der Waals surface area (Å²) >= 11 is 0. The smallest absolute Gasteiger partial charge is 0.258 e. The van der Waals surface area contributed by atoms with Gasteiger partial charge in [-0.2, -0.15) is 4.36 Å². The van der Waals surface area contributed by atoms with Gasteiger partial charge in [0.1, 0.15) is 0 Å². The van der Waals surface area contributed by atoms with E-state index in [4.69, 9.17) is 0 Å². The third kappa shape index (κ3) is 4.14. The molecule has 0 aliphatic heterocycles. The summed E-state index contributed by atoms with van der Waals surface area (Å²) in [5.74, 6) is 0.164. The molecular weight excluding hydrogens is 162 g/mol. The second-order valence-electron chi connectivity index (χ2n) is 3.32. The van der Waals surface area contributed by atoms with Gasteiger partial charge in [-0.05, 0) is 0 Å². The standard InChI is InChI=1S/C7H15NO2S/c1-5-11(10)8-6(9)7(2,3)4/h11H,5H2,1-4H3. The van der Waals surface area contributed by atoms with Crippen molar-refractivity contribution < 1.29 is 9.00 Å². The molecule has 66 valence electrons. The first-order chi connectivity index (χ1) is 4.88. The van der Waals surface area contributed by atoms with Gasteiger partial charge in [-0.3, -0.25) is 9.00 Å². The Kier molecular flexibility index (Phi) is 3.72. The van der Waals surface area contributed by atoms with Crippen LogP contribution in [0.15, 0.2) is 4.36 Å². The zero-order chi connectivity index (χ0) is 9.07. The third-order valence-corrected chi connectivity index (χ3v) is 2.06. The topological polar surface area (TPSA) is 46.5 Å². The van der Waals surface area contributed by atoms with Crippen LogP contribution in [0.4, 0.5) is 0 Å². The first-order valence-electron chi connectivity index (χ1n) is 3.58. The lowest BCUT2D eigenvalue weighted by Crippen LogP contribution is -2.17. The summed E-state index contributed by atoms with van der Waals surface area (Å²) in [6, 6.07) is 0. The molecule has 0 saturated heterocycles. The van der Waals surface area contributed by atoms with Crippen molar-refractivity contribution in [3.63, 3.8) is 0 Å². The molecule has 0 radical (unpaired) electrons. The number of carbonyl (C=O) groups excluding carboxylic acids is 1. The van der Waals surface area contributed by atoms with Crippen LogP contribution in [0.2, 0.25) is 0 Å². The molecule has 0 saturated carbocycles. The second-order valence-corrected chi connectivity index (χ2v) is 4.86. The molecule has 0 aromatic rings. The average molecular weight is 177 g/mol. The average Bonchev–Trinajstić information content (AvgIpc) is 1.85. The van der Waals surface area contributed by atoms with Crippen LogP contribution in [0.1, 0.15) is 27.7 Å². The van der Waals surface area contributed by atoms with Gasteiger partial charge in [0.05, 0.1) is 0 Å². The fourth-order valence-corrected chi connectivity index (χ4v) is 0.966. The molecule has 11 heavy (non-hydrogen) atoms. The summed E-state index contributed by atoms with van der Waals surface area (Å²) in [5, 5.41) is 0. The Morgan fingerprint density at radius 3 is 2.18 bits per heavy atom. The minimum atomic E-state index is -1.66.